The van der Waals surface area contributed by atoms with Crippen LogP contribution >= 0.6 is 31.9 Å². The van der Waals surface area contributed by atoms with Crippen molar-refractivity contribution in [2.45, 2.75) is 0 Å². The van der Waals surface area contributed by atoms with Crippen LogP contribution in [0.4, 0.5) is 0 Å². The predicted molar refractivity (Wildman–Crippen MR) is 112 cm³/mol. The van der Waals surface area contributed by atoms with Gasteiger partial charge in [-0.3, -0.25) is 0 Å². The number of halogens is 2. The summed E-state index contributed by atoms with van der Waals surface area (Å²) in [7, 11) is 0.150. The van der Waals surface area contributed by atoms with Crippen LogP contribution in [-0.2, 0) is 0 Å². The number of fused-ring (bicyclic) bond motifs is 2. The smallest absolute Gasteiger partial charge is 0.528 e. The fourth-order valence-electron chi connectivity index (χ4n) is 2.88. The van der Waals surface area contributed by atoms with Gasteiger partial charge in [0.15, 0.2) is 0 Å². The molecule has 0 saturated carbocycles. The third-order valence-corrected chi connectivity index (χ3v) is 5.47. The lowest BCUT2D eigenvalue weighted by molar-refractivity contribution is 0.465. The summed E-state index contributed by atoms with van der Waals surface area (Å²) >= 11 is 7.16. The molecule has 0 aliphatic rings. The third-order valence-electron chi connectivity index (χ3n) is 4.09. The van der Waals surface area contributed by atoms with Crippen molar-refractivity contribution < 1.29 is 9.31 Å². The zero-order valence-corrected chi connectivity index (χ0v) is 16.4. The first-order valence-corrected chi connectivity index (χ1v) is 9.43. The van der Waals surface area contributed by atoms with Crippen LogP contribution in [0.1, 0.15) is 0 Å². The number of rotatable bonds is 4. The highest BCUT2D eigenvalue weighted by atomic mass is 79.9. The first kappa shape index (κ1) is 16.5. The Balaban J connectivity index is 1.58. The van der Waals surface area contributed by atoms with Crippen LogP contribution in [-0.4, -0.2) is 7.69 Å². The van der Waals surface area contributed by atoms with E-state index in [4.69, 9.17) is 9.31 Å². The molecule has 0 fully saturated rings. The van der Waals surface area contributed by atoms with E-state index in [0.29, 0.717) is 0 Å². The second-order valence-electron chi connectivity index (χ2n) is 5.59. The fraction of sp³-hybridized carbons (Fsp3) is 0. The topological polar surface area (TPSA) is 18.5 Å². The van der Waals surface area contributed by atoms with E-state index in [1.807, 2.05) is 60.7 Å². The highest BCUT2D eigenvalue weighted by molar-refractivity contribution is 9.11. The lowest BCUT2D eigenvalue weighted by Gasteiger charge is -2.13. The monoisotopic (exact) mass is 454 g/mol. The highest BCUT2D eigenvalue weighted by Gasteiger charge is 2.09. The summed E-state index contributed by atoms with van der Waals surface area (Å²) in [6.07, 6.45) is 0. The summed E-state index contributed by atoms with van der Waals surface area (Å²) in [6, 6.07) is 24.2. The van der Waals surface area contributed by atoms with Crippen LogP contribution in [0.25, 0.3) is 21.5 Å². The summed E-state index contributed by atoms with van der Waals surface area (Å²) in [4.78, 5) is 0. The van der Waals surface area contributed by atoms with Gasteiger partial charge in [-0.25, -0.2) is 0 Å². The van der Waals surface area contributed by atoms with E-state index >= 15 is 0 Å². The second kappa shape index (κ2) is 7.10. The predicted octanol–water partition coefficient (Wildman–Crippen LogP) is 6.24. The molecule has 4 rings (SSSR count). The summed E-state index contributed by atoms with van der Waals surface area (Å²) < 4.78 is 13.9. The van der Waals surface area contributed by atoms with Crippen LogP contribution in [0.5, 0.6) is 11.5 Å². The maximum Gasteiger partial charge on any atom is 0.576 e. The molecular formula is C20H13BBr2O2. The van der Waals surface area contributed by atoms with Gasteiger partial charge in [0.2, 0.25) is 0 Å². The van der Waals surface area contributed by atoms with E-state index in [1.54, 1.807) is 0 Å². The molecule has 4 aromatic rings. The van der Waals surface area contributed by atoms with Gasteiger partial charge in [0.1, 0.15) is 11.5 Å². The molecule has 0 atom stereocenters. The van der Waals surface area contributed by atoms with Crippen molar-refractivity contribution >= 4 is 61.1 Å². The SMILES string of the molecule is Brc1ccc(OBOc2ccc(Br)c3ccccc23)c2ccccc12. The van der Waals surface area contributed by atoms with Crippen molar-refractivity contribution in [2.24, 2.45) is 0 Å². The average Bonchev–Trinajstić information content (AvgIpc) is 2.66. The number of hydrogen-bond donors (Lipinski definition) is 0. The first-order chi connectivity index (χ1) is 12.2. The van der Waals surface area contributed by atoms with Crippen LogP contribution in [0.15, 0.2) is 81.7 Å². The Morgan fingerprint density at radius 3 is 1.36 bits per heavy atom. The lowest BCUT2D eigenvalue weighted by atomic mass is 10.1. The Hall–Kier alpha value is -1.98. The zero-order chi connectivity index (χ0) is 17.2. The molecule has 0 bridgehead atoms. The quantitative estimate of drug-likeness (QED) is 0.339. The van der Waals surface area contributed by atoms with Gasteiger partial charge in [-0.05, 0) is 35.0 Å². The van der Waals surface area contributed by atoms with E-state index in [2.05, 4.69) is 44.0 Å². The third kappa shape index (κ3) is 3.26. The molecular weight excluding hydrogens is 443 g/mol. The normalized spacial score (nSPS) is 10.8. The minimum Gasteiger partial charge on any atom is -0.528 e. The van der Waals surface area contributed by atoms with E-state index in [0.717, 1.165) is 42.0 Å². The lowest BCUT2D eigenvalue weighted by Crippen LogP contribution is -2.11. The summed E-state index contributed by atoms with van der Waals surface area (Å²) in [6.45, 7) is 0. The Kier molecular flexibility index (Phi) is 4.68. The van der Waals surface area contributed by atoms with Crippen molar-refractivity contribution in [2.75, 3.05) is 0 Å². The second-order valence-corrected chi connectivity index (χ2v) is 7.30. The summed E-state index contributed by atoms with van der Waals surface area (Å²) in [5, 5.41) is 4.35. The Labute approximate surface area is 163 Å². The van der Waals surface area contributed by atoms with Gasteiger partial charge in [0.25, 0.3) is 0 Å². The van der Waals surface area contributed by atoms with Crippen LogP contribution < -0.4 is 9.31 Å². The maximum absolute atomic E-state index is 5.90. The Morgan fingerprint density at radius 1 is 0.520 bits per heavy atom. The summed E-state index contributed by atoms with van der Waals surface area (Å²) in [5.74, 6) is 1.61. The Bertz CT molecular complexity index is 981. The molecule has 0 N–H and O–H groups in total. The first-order valence-electron chi connectivity index (χ1n) is 7.84. The van der Waals surface area contributed by atoms with E-state index in [9.17, 15) is 0 Å². The molecule has 0 heterocycles. The summed E-state index contributed by atoms with van der Waals surface area (Å²) in [5.41, 5.74) is 0. The number of hydrogen-bond acceptors (Lipinski definition) is 2. The molecule has 0 amide bonds. The standard InChI is InChI=1S/C20H13BBr2O2/c22-17-9-11-19(15-7-3-1-5-13(15)17)24-21-25-20-12-10-18(23)14-6-2-4-8-16(14)20/h1-12,21H. The molecule has 0 aromatic heterocycles. The molecule has 0 saturated heterocycles. The van der Waals surface area contributed by atoms with Gasteiger partial charge in [-0.2, -0.15) is 0 Å². The molecule has 0 unspecified atom stereocenters. The van der Waals surface area contributed by atoms with Crippen LogP contribution in [0, 0.1) is 0 Å². The number of benzene rings is 4. The molecule has 0 aliphatic carbocycles. The van der Waals surface area contributed by atoms with Gasteiger partial charge in [0, 0.05) is 19.7 Å². The molecule has 0 aliphatic heterocycles. The van der Waals surface area contributed by atoms with Gasteiger partial charge < -0.3 is 9.31 Å². The van der Waals surface area contributed by atoms with Crippen molar-refractivity contribution in [1.82, 2.24) is 0 Å². The zero-order valence-electron chi connectivity index (χ0n) is 13.2. The van der Waals surface area contributed by atoms with Gasteiger partial charge in [-0.1, -0.05) is 80.4 Å². The molecule has 4 aromatic carbocycles. The van der Waals surface area contributed by atoms with Crippen LogP contribution in [0.3, 0.4) is 0 Å². The molecule has 0 spiro atoms. The van der Waals surface area contributed by atoms with Gasteiger partial charge in [0.05, 0.1) is 0 Å². The van der Waals surface area contributed by atoms with Gasteiger partial charge >= 0.3 is 7.69 Å². The van der Waals surface area contributed by atoms with Crippen molar-refractivity contribution in [3.63, 3.8) is 0 Å². The van der Waals surface area contributed by atoms with E-state index in [-0.39, 0.29) is 7.69 Å². The van der Waals surface area contributed by atoms with E-state index in [1.165, 1.54) is 0 Å². The minimum atomic E-state index is 0.150. The highest BCUT2D eigenvalue weighted by Crippen LogP contribution is 2.33. The molecule has 0 radical (unpaired) electrons. The fourth-order valence-corrected chi connectivity index (χ4v) is 3.83. The maximum atomic E-state index is 5.90. The van der Waals surface area contributed by atoms with E-state index < -0.39 is 0 Å². The molecule has 25 heavy (non-hydrogen) atoms. The van der Waals surface area contributed by atoms with Crippen molar-refractivity contribution in [1.29, 1.82) is 0 Å². The minimum absolute atomic E-state index is 0.150. The molecule has 5 heteroatoms. The average molecular weight is 456 g/mol. The van der Waals surface area contributed by atoms with Gasteiger partial charge in [-0.15, -0.1) is 0 Å². The molecule has 122 valence electrons. The van der Waals surface area contributed by atoms with Crippen molar-refractivity contribution in [3.05, 3.63) is 81.7 Å². The largest absolute Gasteiger partial charge is 0.576 e. The van der Waals surface area contributed by atoms with Crippen LogP contribution in [0.2, 0.25) is 0 Å². The Morgan fingerprint density at radius 2 is 0.920 bits per heavy atom. The van der Waals surface area contributed by atoms with Crippen molar-refractivity contribution in [3.8, 4) is 11.5 Å². The molecule has 2 nitrogen and oxygen atoms in total.